The lowest BCUT2D eigenvalue weighted by Gasteiger charge is -2.21. The maximum atomic E-state index is 14.1. The van der Waals surface area contributed by atoms with Crippen molar-refractivity contribution in [2.45, 2.75) is 13.0 Å². The zero-order valence-electron chi connectivity index (χ0n) is 13.7. The Labute approximate surface area is 140 Å². The molecule has 1 aromatic heterocycles. The van der Waals surface area contributed by atoms with Gasteiger partial charge in [-0.15, -0.1) is 0 Å². The van der Waals surface area contributed by atoms with Crippen LogP contribution in [-0.2, 0) is 13.0 Å². The van der Waals surface area contributed by atoms with Gasteiger partial charge in [0.2, 0.25) is 0 Å². The number of hydrogen-bond acceptors (Lipinski definition) is 2. The number of methoxy groups -OCH3 is 2. The van der Waals surface area contributed by atoms with E-state index in [1.165, 1.54) is 11.6 Å². The van der Waals surface area contributed by atoms with Gasteiger partial charge in [0, 0.05) is 35.1 Å². The summed E-state index contributed by atoms with van der Waals surface area (Å²) in [5, 5.41) is 0. The molecule has 0 amide bonds. The monoisotopic (exact) mass is 323 g/mol. The van der Waals surface area contributed by atoms with Gasteiger partial charge in [0.15, 0.2) is 11.5 Å². The van der Waals surface area contributed by atoms with Crippen molar-refractivity contribution in [1.29, 1.82) is 0 Å². The van der Waals surface area contributed by atoms with Crippen molar-refractivity contribution in [3.8, 4) is 33.9 Å². The van der Waals surface area contributed by atoms with Crippen LogP contribution < -0.4 is 9.47 Å². The minimum absolute atomic E-state index is 0.201. The Bertz CT molecular complexity index is 914. The Morgan fingerprint density at radius 3 is 2.46 bits per heavy atom. The van der Waals surface area contributed by atoms with E-state index >= 15 is 0 Å². The lowest BCUT2D eigenvalue weighted by Crippen LogP contribution is -2.10. The second kappa shape index (κ2) is 5.71. The van der Waals surface area contributed by atoms with Gasteiger partial charge >= 0.3 is 0 Å². The molecule has 4 heteroatoms. The van der Waals surface area contributed by atoms with Crippen LogP contribution in [-0.4, -0.2) is 18.8 Å². The molecule has 122 valence electrons. The molecule has 1 aliphatic rings. The van der Waals surface area contributed by atoms with Crippen LogP contribution in [0.4, 0.5) is 4.39 Å². The molecule has 0 fully saturated rings. The summed E-state index contributed by atoms with van der Waals surface area (Å²) < 4.78 is 27.1. The number of benzene rings is 2. The van der Waals surface area contributed by atoms with E-state index in [4.69, 9.17) is 9.47 Å². The van der Waals surface area contributed by atoms with Crippen LogP contribution in [0.1, 0.15) is 5.56 Å². The predicted molar refractivity (Wildman–Crippen MR) is 92.1 cm³/mol. The predicted octanol–water partition coefficient (Wildman–Crippen LogP) is 4.53. The summed E-state index contributed by atoms with van der Waals surface area (Å²) >= 11 is 0. The molecule has 0 atom stereocenters. The van der Waals surface area contributed by atoms with Crippen molar-refractivity contribution in [3.05, 3.63) is 60.0 Å². The van der Waals surface area contributed by atoms with Gasteiger partial charge < -0.3 is 14.0 Å². The molecule has 0 aliphatic carbocycles. The number of ether oxygens (including phenoxy) is 2. The molecule has 0 unspecified atom stereocenters. The van der Waals surface area contributed by atoms with E-state index in [9.17, 15) is 4.39 Å². The molecule has 0 N–H and O–H groups in total. The lowest BCUT2D eigenvalue weighted by molar-refractivity contribution is 0.354. The first-order chi connectivity index (χ1) is 11.7. The fourth-order valence-corrected chi connectivity index (χ4v) is 3.37. The highest BCUT2D eigenvalue weighted by Gasteiger charge is 2.21. The molecular weight excluding hydrogens is 305 g/mol. The smallest absolute Gasteiger partial charge is 0.161 e. The van der Waals surface area contributed by atoms with Gasteiger partial charge in [0.1, 0.15) is 5.82 Å². The molecule has 0 bridgehead atoms. The maximum Gasteiger partial charge on any atom is 0.161 e. The van der Waals surface area contributed by atoms with E-state index in [0.29, 0.717) is 11.3 Å². The Balaban J connectivity index is 1.86. The summed E-state index contributed by atoms with van der Waals surface area (Å²) in [5.41, 5.74) is 4.93. The molecule has 3 nitrogen and oxygen atoms in total. The summed E-state index contributed by atoms with van der Waals surface area (Å²) in [4.78, 5) is 0. The molecule has 0 saturated carbocycles. The average Bonchev–Trinajstić information content (AvgIpc) is 3.05. The number of hydrogen-bond donors (Lipinski definition) is 0. The van der Waals surface area contributed by atoms with Crippen molar-refractivity contribution in [2.24, 2.45) is 0 Å². The SMILES string of the molecule is COc1cc2c(cc1OC)-c1cc(-c3ccccc3F)cn1CC2. The van der Waals surface area contributed by atoms with E-state index in [1.54, 1.807) is 20.3 Å². The number of aryl methyl sites for hydroxylation is 2. The van der Waals surface area contributed by atoms with Gasteiger partial charge in [0.05, 0.1) is 14.2 Å². The Morgan fingerprint density at radius 2 is 1.71 bits per heavy atom. The standard InChI is InChI=1S/C20H18FNO2/c1-23-19-10-13-7-8-22-12-14(15-5-3-4-6-17(15)21)9-18(22)16(13)11-20(19)24-2/h3-6,9-12H,7-8H2,1-2H3. The van der Waals surface area contributed by atoms with Gasteiger partial charge in [-0.05, 0) is 36.2 Å². The molecule has 2 aromatic carbocycles. The first-order valence-corrected chi connectivity index (χ1v) is 7.91. The second-order valence-corrected chi connectivity index (χ2v) is 5.90. The minimum atomic E-state index is -0.201. The summed E-state index contributed by atoms with van der Waals surface area (Å²) in [6, 6.07) is 13.0. The zero-order valence-corrected chi connectivity index (χ0v) is 13.7. The van der Waals surface area contributed by atoms with Gasteiger partial charge in [-0.3, -0.25) is 0 Å². The number of halogens is 1. The minimum Gasteiger partial charge on any atom is -0.493 e. The lowest BCUT2D eigenvalue weighted by atomic mass is 9.97. The van der Waals surface area contributed by atoms with Crippen molar-refractivity contribution in [3.63, 3.8) is 0 Å². The van der Waals surface area contributed by atoms with Gasteiger partial charge in [0.25, 0.3) is 0 Å². The number of aromatic nitrogens is 1. The summed E-state index contributed by atoms with van der Waals surface area (Å²) in [7, 11) is 3.28. The number of rotatable bonds is 3. The summed E-state index contributed by atoms with van der Waals surface area (Å²) in [6.07, 6.45) is 2.93. The van der Waals surface area contributed by atoms with Crippen LogP contribution in [0.5, 0.6) is 11.5 Å². The van der Waals surface area contributed by atoms with E-state index in [-0.39, 0.29) is 5.82 Å². The molecule has 3 aromatic rings. The van der Waals surface area contributed by atoms with Crippen molar-refractivity contribution in [1.82, 2.24) is 4.57 Å². The van der Waals surface area contributed by atoms with Crippen LogP contribution in [0.2, 0.25) is 0 Å². The maximum absolute atomic E-state index is 14.1. The zero-order chi connectivity index (χ0) is 16.7. The molecule has 0 radical (unpaired) electrons. The van der Waals surface area contributed by atoms with Crippen LogP contribution in [0.3, 0.4) is 0 Å². The van der Waals surface area contributed by atoms with E-state index in [1.807, 2.05) is 36.5 Å². The highest BCUT2D eigenvalue weighted by Crippen LogP contribution is 2.40. The van der Waals surface area contributed by atoms with E-state index in [0.717, 1.165) is 35.5 Å². The van der Waals surface area contributed by atoms with Crippen LogP contribution in [0.15, 0.2) is 48.7 Å². The third-order valence-corrected chi connectivity index (χ3v) is 4.59. The molecule has 1 aliphatic heterocycles. The van der Waals surface area contributed by atoms with Crippen molar-refractivity contribution in [2.75, 3.05) is 14.2 Å². The first kappa shape index (κ1) is 14.8. The molecule has 2 heterocycles. The van der Waals surface area contributed by atoms with Crippen molar-refractivity contribution < 1.29 is 13.9 Å². The molecule has 24 heavy (non-hydrogen) atoms. The molecule has 0 saturated heterocycles. The van der Waals surface area contributed by atoms with E-state index < -0.39 is 0 Å². The van der Waals surface area contributed by atoms with Crippen molar-refractivity contribution >= 4 is 0 Å². The summed E-state index contributed by atoms with van der Waals surface area (Å²) in [5.74, 6) is 1.25. The van der Waals surface area contributed by atoms with Gasteiger partial charge in [-0.1, -0.05) is 18.2 Å². The Hall–Kier alpha value is -2.75. The third kappa shape index (κ3) is 2.26. The highest BCUT2D eigenvalue weighted by molar-refractivity contribution is 5.76. The number of fused-ring (bicyclic) bond motifs is 3. The number of nitrogens with zero attached hydrogens (tertiary/aromatic N) is 1. The molecule has 0 spiro atoms. The van der Waals surface area contributed by atoms with E-state index in [2.05, 4.69) is 4.57 Å². The highest BCUT2D eigenvalue weighted by atomic mass is 19.1. The summed E-state index contributed by atoms with van der Waals surface area (Å²) in [6.45, 7) is 0.867. The molecule has 4 rings (SSSR count). The largest absolute Gasteiger partial charge is 0.493 e. The fourth-order valence-electron chi connectivity index (χ4n) is 3.37. The third-order valence-electron chi connectivity index (χ3n) is 4.59. The fraction of sp³-hybridized carbons (Fsp3) is 0.200. The van der Waals surface area contributed by atoms with Crippen LogP contribution in [0, 0.1) is 5.82 Å². The average molecular weight is 323 g/mol. The quantitative estimate of drug-likeness (QED) is 0.707. The van der Waals surface area contributed by atoms with Gasteiger partial charge in [-0.25, -0.2) is 4.39 Å². The van der Waals surface area contributed by atoms with Gasteiger partial charge in [-0.2, -0.15) is 0 Å². The Morgan fingerprint density at radius 1 is 0.958 bits per heavy atom. The first-order valence-electron chi connectivity index (χ1n) is 7.91. The molecular formula is C20H18FNO2. The van der Waals surface area contributed by atoms with Crippen LogP contribution >= 0.6 is 0 Å². The van der Waals surface area contributed by atoms with Crippen LogP contribution in [0.25, 0.3) is 22.4 Å². The topological polar surface area (TPSA) is 23.4 Å². The normalized spacial score (nSPS) is 12.5. The Kier molecular flexibility index (Phi) is 3.53. The second-order valence-electron chi connectivity index (χ2n) is 5.90.